The number of hydrogen-bond acceptors (Lipinski definition) is 5. The van der Waals surface area contributed by atoms with Crippen LogP contribution in [0.5, 0.6) is 5.75 Å². The van der Waals surface area contributed by atoms with Gasteiger partial charge in [0.1, 0.15) is 12.4 Å². The number of likely N-dealkylation sites (N-methyl/N-ethyl adjacent to an activating group) is 1. The molecule has 3 rings (SSSR count). The van der Waals surface area contributed by atoms with E-state index < -0.39 is 0 Å². The van der Waals surface area contributed by atoms with Crippen LogP contribution in [0.1, 0.15) is 12.8 Å². The molecule has 0 aliphatic carbocycles. The second kappa shape index (κ2) is 8.85. The maximum absolute atomic E-state index is 12.7. The lowest BCUT2D eigenvalue weighted by atomic mass is 9.97. The van der Waals surface area contributed by atoms with E-state index in [1.165, 1.54) is 0 Å². The van der Waals surface area contributed by atoms with E-state index in [4.69, 9.17) is 16.3 Å². The van der Waals surface area contributed by atoms with E-state index in [0.29, 0.717) is 30.7 Å². The summed E-state index contributed by atoms with van der Waals surface area (Å²) in [5.41, 5.74) is 0. The highest BCUT2D eigenvalue weighted by atomic mass is 35.5. The second-order valence-electron chi connectivity index (χ2n) is 6.40. The van der Waals surface area contributed by atoms with Crippen molar-refractivity contribution in [3.63, 3.8) is 0 Å². The van der Waals surface area contributed by atoms with Gasteiger partial charge in [0, 0.05) is 37.6 Å². The van der Waals surface area contributed by atoms with Gasteiger partial charge in [-0.1, -0.05) is 11.6 Å². The largest absolute Gasteiger partial charge is 0.492 e. The molecule has 7 heteroatoms. The highest BCUT2D eigenvalue weighted by Gasteiger charge is 2.28. The Kier molecular flexibility index (Phi) is 6.28. The van der Waals surface area contributed by atoms with Crippen LogP contribution in [0.4, 0.5) is 5.95 Å². The standard InChI is InChI=1S/C19H23ClN4O2/c1-23(12-13-26-17-7-5-16(20)6-8-17)18(25)15-4-2-11-24(14-15)19-21-9-3-10-22-19/h3,5-10,15H,2,4,11-14H2,1H3. The van der Waals surface area contributed by atoms with Gasteiger partial charge in [-0.2, -0.15) is 0 Å². The Morgan fingerprint density at radius 3 is 2.77 bits per heavy atom. The molecule has 1 fully saturated rings. The number of carbonyl (C=O) groups is 1. The normalized spacial score (nSPS) is 17.0. The molecule has 2 aromatic rings. The van der Waals surface area contributed by atoms with Crippen molar-refractivity contribution in [2.75, 3.05) is 38.2 Å². The van der Waals surface area contributed by atoms with Gasteiger partial charge in [-0.05, 0) is 43.2 Å². The van der Waals surface area contributed by atoms with Crippen LogP contribution >= 0.6 is 11.6 Å². The highest BCUT2D eigenvalue weighted by molar-refractivity contribution is 6.30. The summed E-state index contributed by atoms with van der Waals surface area (Å²) >= 11 is 5.86. The van der Waals surface area contributed by atoms with E-state index in [9.17, 15) is 4.79 Å². The number of hydrogen-bond donors (Lipinski definition) is 0. The molecule has 1 amide bonds. The quantitative estimate of drug-likeness (QED) is 0.778. The molecule has 6 nitrogen and oxygen atoms in total. The minimum absolute atomic E-state index is 0.0342. The van der Waals surface area contributed by atoms with Crippen LogP contribution in [0, 0.1) is 5.92 Å². The summed E-state index contributed by atoms with van der Waals surface area (Å²) in [6.45, 7) is 2.53. The van der Waals surface area contributed by atoms with Crippen molar-refractivity contribution in [2.24, 2.45) is 5.92 Å². The van der Waals surface area contributed by atoms with Crippen molar-refractivity contribution in [3.8, 4) is 5.75 Å². The van der Waals surface area contributed by atoms with Gasteiger partial charge < -0.3 is 14.5 Å². The number of halogens is 1. The molecule has 1 unspecified atom stereocenters. The first-order valence-corrected chi connectivity index (χ1v) is 9.16. The second-order valence-corrected chi connectivity index (χ2v) is 6.83. The fraction of sp³-hybridized carbons (Fsp3) is 0.421. The van der Waals surface area contributed by atoms with Crippen LogP contribution in [0.2, 0.25) is 5.02 Å². The zero-order valence-electron chi connectivity index (χ0n) is 14.8. The van der Waals surface area contributed by atoms with E-state index in [2.05, 4.69) is 14.9 Å². The molecule has 0 bridgehead atoms. The summed E-state index contributed by atoms with van der Waals surface area (Å²) < 4.78 is 5.68. The molecule has 1 aromatic carbocycles. The fourth-order valence-electron chi connectivity index (χ4n) is 3.07. The number of anilines is 1. The van der Waals surface area contributed by atoms with Gasteiger partial charge >= 0.3 is 0 Å². The van der Waals surface area contributed by atoms with E-state index >= 15 is 0 Å². The number of benzene rings is 1. The number of carbonyl (C=O) groups excluding carboxylic acids is 1. The average molecular weight is 375 g/mol. The summed E-state index contributed by atoms with van der Waals surface area (Å²) in [5.74, 6) is 1.55. The third kappa shape index (κ3) is 4.85. The Balaban J connectivity index is 1.48. The number of amides is 1. The lowest BCUT2D eigenvalue weighted by Crippen LogP contribution is -2.45. The van der Waals surface area contributed by atoms with Crippen LogP contribution in [-0.4, -0.2) is 54.1 Å². The predicted molar refractivity (Wildman–Crippen MR) is 102 cm³/mol. The Bertz CT molecular complexity index is 711. The molecule has 1 atom stereocenters. The molecule has 138 valence electrons. The summed E-state index contributed by atoms with van der Waals surface area (Å²) in [6, 6.07) is 9.01. The lowest BCUT2D eigenvalue weighted by molar-refractivity contribution is -0.134. The van der Waals surface area contributed by atoms with Gasteiger partial charge in [0.2, 0.25) is 11.9 Å². The van der Waals surface area contributed by atoms with E-state index in [1.54, 1.807) is 35.5 Å². The number of piperidine rings is 1. The Labute approximate surface area is 158 Å². The Morgan fingerprint density at radius 2 is 2.04 bits per heavy atom. The zero-order chi connectivity index (χ0) is 18.4. The van der Waals surface area contributed by atoms with Gasteiger partial charge in [-0.25, -0.2) is 9.97 Å². The summed E-state index contributed by atoms with van der Waals surface area (Å²) in [5, 5.41) is 0.675. The summed E-state index contributed by atoms with van der Waals surface area (Å²) in [6.07, 6.45) is 5.32. The van der Waals surface area contributed by atoms with E-state index in [0.717, 1.165) is 25.1 Å². The minimum Gasteiger partial charge on any atom is -0.492 e. The van der Waals surface area contributed by atoms with Gasteiger partial charge in [0.05, 0.1) is 12.5 Å². The number of rotatable bonds is 6. The molecule has 1 saturated heterocycles. The molecular weight excluding hydrogens is 352 g/mol. The topological polar surface area (TPSA) is 58.6 Å². The van der Waals surface area contributed by atoms with Gasteiger partial charge in [-0.15, -0.1) is 0 Å². The minimum atomic E-state index is -0.0342. The maximum Gasteiger partial charge on any atom is 0.227 e. The molecule has 1 aliphatic heterocycles. The first kappa shape index (κ1) is 18.5. The molecule has 0 N–H and O–H groups in total. The molecule has 0 saturated carbocycles. The van der Waals surface area contributed by atoms with Crippen molar-refractivity contribution in [3.05, 3.63) is 47.7 Å². The fourth-order valence-corrected chi connectivity index (χ4v) is 3.19. The average Bonchev–Trinajstić information content (AvgIpc) is 2.69. The van der Waals surface area contributed by atoms with Crippen molar-refractivity contribution in [1.82, 2.24) is 14.9 Å². The van der Waals surface area contributed by atoms with Crippen LogP contribution in [-0.2, 0) is 4.79 Å². The zero-order valence-corrected chi connectivity index (χ0v) is 15.6. The molecule has 26 heavy (non-hydrogen) atoms. The summed E-state index contributed by atoms with van der Waals surface area (Å²) in [4.78, 5) is 25.2. The molecule has 0 radical (unpaired) electrons. The molecule has 2 heterocycles. The maximum atomic E-state index is 12.7. The lowest BCUT2D eigenvalue weighted by Gasteiger charge is -2.33. The predicted octanol–water partition coefficient (Wildman–Crippen LogP) is 2.88. The monoisotopic (exact) mass is 374 g/mol. The van der Waals surface area contributed by atoms with E-state index in [-0.39, 0.29) is 11.8 Å². The molecule has 1 aliphatic rings. The van der Waals surface area contributed by atoms with Crippen LogP contribution in [0.3, 0.4) is 0 Å². The smallest absolute Gasteiger partial charge is 0.227 e. The number of ether oxygens (including phenoxy) is 1. The molecule has 1 aromatic heterocycles. The third-order valence-corrected chi connectivity index (χ3v) is 4.74. The first-order valence-electron chi connectivity index (χ1n) is 8.79. The van der Waals surface area contributed by atoms with Crippen molar-refractivity contribution >= 4 is 23.5 Å². The van der Waals surface area contributed by atoms with Crippen LogP contribution < -0.4 is 9.64 Å². The first-order chi connectivity index (χ1) is 12.6. The van der Waals surface area contributed by atoms with Gasteiger partial charge in [0.25, 0.3) is 0 Å². The SMILES string of the molecule is CN(CCOc1ccc(Cl)cc1)C(=O)C1CCCN(c2ncccn2)C1. The van der Waals surface area contributed by atoms with Gasteiger partial charge in [-0.3, -0.25) is 4.79 Å². The number of nitrogens with zero attached hydrogens (tertiary/aromatic N) is 4. The Morgan fingerprint density at radius 1 is 1.31 bits per heavy atom. The van der Waals surface area contributed by atoms with Crippen LogP contribution in [0.15, 0.2) is 42.7 Å². The highest BCUT2D eigenvalue weighted by Crippen LogP contribution is 2.21. The third-order valence-electron chi connectivity index (χ3n) is 4.49. The van der Waals surface area contributed by atoms with Crippen LogP contribution in [0.25, 0.3) is 0 Å². The molecular formula is C19H23ClN4O2. The number of aromatic nitrogens is 2. The summed E-state index contributed by atoms with van der Waals surface area (Å²) in [7, 11) is 1.82. The van der Waals surface area contributed by atoms with Crippen molar-refractivity contribution in [1.29, 1.82) is 0 Å². The van der Waals surface area contributed by atoms with Gasteiger partial charge in [0.15, 0.2) is 0 Å². The van der Waals surface area contributed by atoms with Crippen molar-refractivity contribution < 1.29 is 9.53 Å². The van der Waals surface area contributed by atoms with E-state index in [1.807, 2.05) is 19.2 Å². The Hall–Kier alpha value is -2.34. The molecule has 0 spiro atoms. The van der Waals surface area contributed by atoms with Crippen molar-refractivity contribution in [2.45, 2.75) is 12.8 Å².